The third kappa shape index (κ3) is 6.71. The van der Waals surface area contributed by atoms with E-state index in [-0.39, 0.29) is 5.75 Å². The lowest BCUT2D eigenvalue weighted by molar-refractivity contribution is 0.289. The molecular formula is C11H24ClNO2S. The fourth-order valence-electron chi connectivity index (χ4n) is 1.78. The molecule has 0 amide bonds. The van der Waals surface area contributed by atoms with Crippen LogP contribution in [-0.2, 0) is 10.0 Å². The molecule has 0 atom stereocenters. The molecule has 0 aliphatic carbocycles. The van der Waals surface area contributed by atoms with Crippen LogP contribution >= 0.6 is 11.6 Å². The van der Waals surface area contributed by atoms with Gasteiger partial charge in [-0.25, -0.2) is 13.1 Å². The summed E-state index contributed by atoms with van der Waals surface area (Å²) in [5, 5.41) is 0. The molecule has 0 saturated carbocycles. The van der Waals surface area contributed by atoms with Crippen LogP contribution in [0.4, 0.5) is 0 Å². The second-order valence-corrected chi connectivity index (χ2v) is 7.17. The summed E-state index contributed by atoms with van der Waals surface area (Å²) in [5.41, 5.74) is 0. The van der Waals surface area contributed by atoms with Crippen molar-refractivity contribution in [2.75, 3.05) is 18.2 Å². The van der Waals surface area contributed by atoms with E-state index in [0.29, 0.717) is 36.6 Å². The summed E-state index contributed by atoms with van der Waals surface area (Å²) in [4.78, 5) is 0. The van der Waals surface area contributed by atoms with Gasteiger partial charge in [-0.1, -0.05) is 27.7 Å². The summed E-state index contributed by atoms with van der Waals surface area (Å²) in [6.45, 7) is 9.02. The van der Waals surface area contributed by atoms with Gasteiger partial charge in [0.2, 0.25) is 10.0 Å². The van der Waals surface area contributed by atoms with E-state index in [2.05, 4.69) is 32.4 Å². The normalized spacial score (nSPS) is 13.0. The second-order valence-electron chi connectivity index (χ2n) is 4.86. The summed E-state index contributed by atoms with van der Waals surface area (Å²) in [6, 6.07) is 0. The Hall–Kier alpha value is 0.200. The molecular weight excluding hydrogens is 246 g/mol. The zero-order valence-electron chi connectivity index (χ0n) is 10.7. The Balaban J connectivity index is 4.20. The predicted molar refractivity (Wildman–Crippen MR) is 70.3 cm³/mol. The predicted octanol–water partition coefficient (Wildman–Crippen LogP) is 2.46. The monoisotopic (exact) mass is 269 g/mol. The molecule has 0 spiro atoms. The highest BCUT2D eigenvalue weighted by molar-refractivity contribution is 7.89. The molecule has 0 aromatic carbocycles. The smallest absolute Gasteiger partial charge is 0.211 e. The van der Waals surface area contributed by atoms with Gasteiger partial charge in [0.1, 0.15) is 0 Å². The van der Waals surface area contributed by atoms with Crippen molar-refractivity contribution in [3.8, 4) is 0 Å². The zero-order chi connectivity index (χ0) is 12.8. The van der Waals surface area contributed by atoms with E-state index in [9.17, 15) is 8.42 Å². The summed E-state index contributed by atoms with van der Waals surface area (Å²) >= 11 is 5.48. The van der Waals surface area contributed by atoms with Crippen LogP contribution in [0.2, 0.25) is 0 Å². The van der Waals surface area contributed by atoms with E-state index < -0.39 is 10.0 Å². The summed E-state index contributed by atoms with van der Waals surface area (Å²) in [6.07, 6.45) is 0.505. The Morgan fingerprint density at radius 1 is 1.12 bits per heavy atom. The molecule has 0 aliphatic rings. The van der Waals surface area contributed by atoms with E-state index in [1.165, 1.54) is 0 Å². The minimum atomic E-state index is -3.14. The summed E-state index contributed by atoms with van der Waals surface area (Å²) < 4.78 is 25.8. The Morgan fingerprint density at radius 3 is 2.00 bits per heavy atom. The van der Waals surface area contributed by atoms with Crippen molar-refractivity contribution in [3.63, 3.8) is 0 Å². The van der Waals surface area contributed by atoms with Crippen LogP contribution in [0.15, 0.2) is 0 Å². The number of hydrogen-bond donors (Lipinski definition) is 1. The van der Waals surface area contributed by atoms with Gasteiger partial charge in [-0.15, -0.1) is 11.6 Å². The number of hydrogen-bond acceptors (Lipinski definition) is 2. The van der Waals surface area contributed by atoms with Gasteiger partial charge >= 0.3 is 0 Å². The molecule has 0 aliphatic heterocycles. The van der Waals surface area contributed by atoms with E-state index in [1.807, 2.05) is 0 Å². The van der Waals surface area contributed by atoms with Crippen molar-refractivity contribution in [1.82, 2.24) is 4.72 Å². The third-order valence-corrected chi connectivity index (χ3v) is 4.50. The standard InChI is InChI=1S/C11H24ClNO2S/c1-9(2)11(10(3)4)8-13-16(14,15)7-5-6-12/h9-11,13H,5-8H2,1-4H3. The molecule has 16 heavy (non-hydrogen) atoms. The third-order valence-electron chi connectivity index (χ3n) is 2.80. The highest BCUT2D eigenvalue weighted by Crippen LogP contribution is 2.19. The first-order chi connectivity index (χ1) is 7.30. The number of alkyl halides is 1. The van der Waals surface area contributed by atoms with Crippen LogP contribution in [0, 0.1) is 17.8 Å². The first-order valence-corrected chi connectivity index (χ1v) is 8.02. The van der Waals surface area contributed by atoms with Crippen LogP contribution < -0.4 is 4.72 Å². The Morgan fingerprint density at radius 2 is 1.62 bits per heavy atom. The van der Waals surface area contributed by atoms with Crippen LogP contribution in [-0.4, -0.2) is 26.6 Å². The molecule has 0 aromatic rings. The summed E-state index contributed by atoms with van der Waals surface area (Å²) in [7, 11) is -3.14. The van der Waals surface area contributed by atoms with Crippen LogP contribution in [0.3, 0.4) is 0 Å². The van der Waals surface area contributed by atoms with Gasteiger partial charge in [0.15, 0.2) is 0 Å². The maximum atomic E-state index is 11.6. The zero-order valence-corrected chi connectivity index (χ0v) is 12.2. The molecule has 0 saturated heterocycles. The van der Waals surface area contributed by atoms with Crippen molar-refractivity contribution in [1.29, 1.82) is 0 Å². The number of nitrogens with one attached hydrogen (secondary N) is 1. The molecule has 0 rings (SSSR count). The molecule has 98 valence electrons. The minimum absolute atomic E-state index is 0.124. The number of rotatable bonds is 8. The number of halogens is 1. The van der Waals surface area contributed by atoms with Gasteiger partial charge in [-0.3, -0.25) is 0 Å². The Labute approximate surface area is 105 Å². The lowest BCUT2D eigenvalue weighted by atomic mass is 9.86. The van der Waals surface area contributed by atoms with Crippen LogP contribution in [0.5, 0.6) is 0 Å². The fraction of sp³-hybridized carbons (Fsp3) is 1.00. The van der Waals surface area contributed by atoms with Gasteiger partial charge in [-0.05, 0) is 24.2 Å². The van der Waals surface area contributed by atoms with Gasteiger partial charge in [0.05, 0.1) is 5.75 Å². The van der Waals surface area contributed by atoms with Crippen LogP contribution in [0.25, 0.3) is 0 Å². The number of sulfonamides is 1. The maximum Gasteiger partial charge on any atom is 0.211 e. The van der Waals surface area contributed by atoms with Crippen molar-refractivity contribution in [2.45, 2.75) is 34.1 Å². The largest absolute Gasteiger partial charge is 0.215 e. The van der Waals surface area contributed by atoms with E-state index in [0.717, 1.165) is 0 Å². The Bertz CT molecular complexity index is 268. The first kappa shape index (κ1) is 16.2. The molecule has 0 bridgehead atoms. The van der Waals surface area contributed by atoms with Crippen molar-refractivity contribution < 1.29 is 8.42 Å². The lowest BCUT2D eigenvalue weighted by Crippen LogP contribution is -2.35. The fourth-order valence-corrected chi connectivity index (χ4v) is 3.19. The van der Waals surface area contributed by atoms with E-state index in [4.69, 9.17) is 11.6 Å². The van der Waals surface area contributed by atoms with E-state index >= 15 is 0 Å². The summed E-state index contributed by atoms with van der Waals surface area (Å²) in [5.74, 6) is 1.86. The molecule has 0 aromatic heterocycles. The molecule has 0 heterocycles. The average Bonchev–Trinajstić information content (AvgIpc) is 2.13. The SMILES string of the molecule is CC(C)C(CNS(=O)(=O)CCCCl)C(C)C. The van der Waals surface area contributed by atoms with Crippen molar-refractivity contribution in [2.24, 2.45) is 17.8 Å². The second kappa shape index (κ2) is 7.51. The van der Waals surface area contributed by atoms with Crippen molar-refractivity contribution in [3.05, 3.63) is 0 Å². The lowest BCUT2D eigenvalue weighted by Gasteiger charge is -2.24. The highest BCUT2D eigenvalue weighted by Gasteiger charge is 2.20. The van der Waals surface area contributed by atoms with Gasteiger partial charge in [-0.2, -0.15) is 0 Å². The van der Waals surface area contributed by atoms with Crippen molar-refractivity contribution >= 4 is 21.6 Å². The molecule has 0 radical (unpaired) electrons. The van der Waals surface area contributed by atoms with Gasteiger partial charge in [0.25, 0.3) is 0 Å². The highest BCUT2D eigenvalue weighted by atomic mass is 35.5. The van der Waals surface area contributed by atoms with Crippen LogP contribution in [0.1, 0.15) is 34.1 Å². The molecule has 3 nitrogen and oxygen atoms in total. The van der Waals surface area contributed by atoms with Gasteiger partial charge in [0, 0.05) is 12.4 Å². The first-order valence-electron chi connectivity index (χ1n) is 5.83. The molecule has 0 unspecified atom stereocenters. The molecule has 1 N–H and O–H groups in total. The molecule has 0 fully saturated rings. The van der Waals surface area contributed by atoms with Gasteiger partial charge < -0.3 is 0 Å². The topological polar surface area (TPSA) is 46.2 Å². The van der Waals surface area contributed by atoms with E-state index in [1.54, 1.807) is 0 Å². The minimum Gasteiger partial charge on any atom is -0.215 e. The Kier molecular flexibility index (Phi) is 7.61. The average molecular weight is 270 g/mol. The maximum absolute atomic E-state index is 11.6. The quantitative estimate of drug-likeness (QED) is 0.688. The molecule has 5 heteroatoms.